The van der Waals surface area contributed by atoms with E-state index in [0.717, 1.165) is 28.0 Å². The molecule has 3 aromatic rings. The number of hydrogen-bond acceptors (Lipinski definition) is 3. The lowest BCUT2D eigenvalue weighted by atomic mass is 10.1. The molecule has 4 nitrogen and oxygen atoms in total. The van der Waals surface area contributed by atoms with Crippen LogP contribution >= 0.6 is 0 Å². The zero-order chi connectivity index (χ0) is 16.9. The van der Waals surface area contributed by atoms with Gasteiger partial charge in [0.1, 0.15) is 0 Å². The van der Waals surface area contributed by atoms with Gasteiger partial charge >= 0.3 is 0 Å². The number of likely N-dealkylation sites (N-methyl/N-ethyl adjacent to an activating group) is 1. The van der Waals surface area contributed by atoms with Crippen molar-refractivity contribution < 1.29 is 4.79 Å². The van der Waals surface area contributed by atoms with Crippen molar-refractivity contribution in [2.75, 3.05) is 13.1 Å². The molecule has 0 aliphatic carbocycles. The minimum absolute atomic E-state index is 0.0850. The molecule has 1 heterocycles. The lowest BCUT2D eigenvalue weighted by molar-refractivity contribution is -0.130. The van der Waals surface area contributed by atoms with E-state index in [1.165, 1.54) is 0 Å². The van der Waals surface area contributed by atoms with Gasteiger partial charge in [0, 0.05) is 18.7 Å². The Morgan fingerprint density at radius 2 is 1.46 bits per heavy atom. The highest BCUT2D eigenvalue weighted by Crippen LogP contribution is 2.24. The lowest BCUT2D eigenvalue weighted by Gasteiger charge is -2.19. The third-order valence-electron chi connectivity index (χ3n) is 4.12. The molecule has 0 unspecified atom stereocenters. The summed E-state index contributed by atoms with van der Waals surface area (Å²) in [6.07, 6.45) is 0.268. The smallest absolute Gasteiger partial charge is 0.228 e. The van der Waals surface area contributed by atoms with Gasteiger partial charge in [0.25, 0.3) is 0 Å². The third-order valence-corrected chi connectivity index (χ3v) is 4.12. The summed E-state index contributed by atoms with van der Waals surface area (Å²) >= 11 is 0. The van der Waals surface area contributed by atoms with Crippen LogP contribution in [0.4, 0.5) is 0 Å². The van der Waals surface area contributed by atoms with E-state index in [0.29, 0.717) is 13.1 Å². The van der Waals surface area contributed by atoms with Gasteiger partial charge in [-0.1, -0.05) is 42.5 Å². The summed E-state index contributed by atoms with van der Waals surface area (Å²) < 4.78 is 0. The quantitative estimate of drug-likeness (QED) is 0.720. The van der Waals surface area contributed by atoms with Crippen LogP contribution in [0.15, 0.2) is 54.6 Å². The van der Waals surface area contributed by atoms with E-state index in [2.05, 4.69) is 0 Å². The van der Waals surface area contributed by atoms with Crippen LogP contribution in [-0.2, 0) is 11.2 Å². The van der Waals surface area contributed by atoms with Crippen molar-refractivity contribution in [1.82, 2.24) is 14.9 Å². The Balaban J connectivity index is 2.09. The Morgan fingerprint density at radius 3 is 2.08 bits per heavy atom. The molecule has 0 bridgehead atoms. The fraction of sp³-hybridized carbons (Fsp3) is 0.250. The van der Waals surface area contributed by atoms with Gasteiger partial charge in [-0.2, -0.15) is 0 Å². The average Bonchev–Trinajstić information content (AvgIpc) is 2.63. The molecule has 1 amide bonds. The van der Waals surface area contributed by atoms with Gasteiger partial charge in [-0.05, 0) is 26.0 Å². The van der Waals surface area contributed by atoms with Crippen LogP contribution < -0.4 is 0 Å². The first kappa shape index (κ1) is 16.1. The summed E-state index contributed by atoms with van der Waals surface area (Å²) in [7, 11) is 0. The van der Waals surface area contributed by atoms with Crippen molar-refractivity contribution in [3.8, 4) is 11.3 Å². The number of carbonyl (C=O) groups is 1. The molecule has 3 rings (SSSR count). The summed E-state index contributed by atoms with van der Waals surface area (Å²) in [5, 5.41) is 0. The van der Waals surface area contributed by atoms with Gasteiger partial charge in [0.15, 0.2) is 0 Å². The first-order chi connectivity index (χ1) is 11.7. The average molecular weight is 319 g/mol. The predicted molar refractivity (Wildman–Crippen MR) is 96.6 cm³/mol. The Bertz CT molecular complexity index is 842. The first-order valence-electron chi connectivity index (χ1n) is 8.31. The molecule has 0 spiro atoms. The Morgan fingerprint density at radius 1 is 0.875 bits per heavy atom. The van der Waals surface area contributed by atoms with Crippen LogP contribution in [0.1, 0.15) is 19.5 Å². The number of benzene rings is 2. The molecule has 0 fully saturated rings. The lowest BCUT2D eigenvalue weighted by Crippen LogP contribution is -2.32. The number of nitrogens with zero attached hydrogens (tertiary/aromatic N) is 3. The van der Waals surface area contributed by atoms with Gasteiger partial charge < -0.3 is 4.90 Å². The van der Waals surface area contributed by atoms with Crippen LogP contribution in [0.2, 0.25) is 0 Å². The van der Waals surface area contributed by atoms with Crippen LogP contribution in [0.3, 0.4) is 0 Å². The van der Waals surface area contributed by atoms with Crippen molar-refractivity contribution in [1.29, 1.82) is 0 Å². The fourth-order valence-electron chi connectivity index (χ4n) is 2.82. The van der Waals surface area contributed by atoms with Gasteiger partial charge in [0.05, 0.1) is 28.8 Å². The van der Waals surface area contributed by atoms with E-state index >= 15 is 0 Å². The predicted octanol–water partition coefficient (Wildman–Crippen LogP) is 3.71. The van der Waals surface area contributed by atoms with E-state index in [1.54, 1.807) is 0 Å². The zero-order valence-electron chi connectivity index (χ0n) is 14.1. The molecule has 4 heteroatoms. The highest BCUT2D eigenvalue weighted by atomic mass is 16.2. The zero-order valence-corrected chi connectivity index (χ0v) is 14.1. The number of para-hydroxylation sites is 2. The number of rotatable bonds is 5. The van der Waals surface area contributed by atoms with Crippen LogP contribution in [0, 0.1) is 0 Å². The van der Waals surface area contributed by atoms with Gasteiger partial charge in [0.2, 0.25) is 5.91 Å². The normalized spacial score (nSPS) is 10.8. The molecule has 0 saturated heterocycles. The molecule has 122 valence electrons. The minimum atomic E-state index is 0.0850. The molecule has 0 aliphatic rings. The number of carbonyl (C=O) groups excluding carboxylic acids is 1. The van der Waals surface area contributed by atoms with Gasteiger partial charge in [-0.25, -0.2) is 9.97 Å². The van der Waals surface area contributed by atoms with E-state index in [1.807, 2.05) is 73.3 Å². The van der Waals surface area contributed by atoms with Crippen LogP contribution in [0.5, 0.6) is 0 Å². The van der Waals surface area contributed by atoms with Crippen molar-refractivity contribution >= 4 is 16.9 Å². The summed E-state index contributed by atoms with van der Waals surface area (Å²) in [5.41, 5.74) is 4.17. The molecule has 0 saturated carbocycles. The molecule has 1 aromatic heterocycles. The number of hydrogen-bond donors (Lipinski definition) is 0. The fourth-order valence-corrected chi connectivity index (χ4v) is 2.82. The molecular formula is C20H21N3O. The van der Waals surface area contributed by atoms with Gasteiger partial charge in [-0.3, -0.25) is 4.79 Å². The van der Waals surface area contributed by atoms with E-state index in [4.69, 9.17) is 9.97 Å². The summed E-state index contributed by atoms with van der Waals surface area (Å²) in [5.74, 6) is 0.0850. The highest BCUT2D eigenvalue weighted by molar-refractivity contribution is 5.83. The van der Waals surface area contributed by atoms with Gasteiger partial charge in [-0.15, -0.1) is 0 Å². The third kappa shape index (κ3) is 3.27. The largest absolute Gasteiger partial charge is 0.343 e. The summed E-state index contributed by atoms with van der Waals surface area (Å²) in [4.78, 5) is 23.9. The van der Waals surface area contributed by atoms with Crippen LogP contribution in [0.25, 0.3) is 22.3 Å². The maximum atomic E-state index is 12.6. The molecule has 0 radical (unpaired) electrons. The second-order valence-corrected chi connectivity index (χ2v) is 5.62. The molecule has 2 aromatic carbocycles. The number of aromatic nitrogens is 2. The number of amides is 1. The second kappa shape index (κ2) is 7.21. The van der Waals surface area contributed by atoms with Crippen molar-refractivity contribution in [2.24, 2.45) is 0 Å². The van der Waals surface area contributed by atoms with Crippen molar-refractivity contribution in [3.05, 3.63) is 60.3 Å². The first-order valence-corrected chi connectivity index (χ1v) is 8.31. The maximum Gasteiger partial charge on any atom is 0.228 e. The Kier molecular flexibility index (Phi) is 4.85. The monoisotopic (exact) mass is 319 g/mol. The molecule has 0 aliphatic heterocycles. The maximum absolute atomic E-state index is 12.6. The van der Waals surface area contributed by atoms with Crippen molar-refractivity contribution in [2.45, 2.75) is 20.3 Å². The molecule has 0 atom stereocenters. The molecule has 24 heavy (non-hydrogen) atoms. The highest BCUT2D eigenvalue weighted by Gasteiger charge is 2.17. The van der Waals surface area contributed by atoms with E-state index in [-0.39, 0.29) is 12.3 Å². The Labute approximate surface area is 142 Å². The van der Waals surface area contributed by atoms with E-state index in [9.17, 15) is 4.79 Å². The standard InChI is InChI=1S/C20H21N3O/c1-3-23(4-2)19(24)14-18-20(15-10-6-5-7-11-15)22-17-13-9-8-12-16(17)21-18/h5-13H,3-4,14H2,1-2H3. The second-order valence-electron chi connectivity index (χ2n) is 5.62. The minimum Gasteiger partial charge on any atom is -0.343 e. The number of fused-ring (bicyclic) bond motifs is 1. The molecule has 0 N–H and O–H groups in total. The van der Waals surface area contributed by atoms with E-state index < -0.39 is 0 Å². The SMILES string of the molecule is CCN(CC)C(=O)Cc1nc2ccccc2nc1-c1ccccc1. The topological polar surface area (TPSA) is 46.1 Å². The van der Waals surface area contributed by atoms with Crippen LogP contribution in [-0.4, -0.2) is 33.9 Å². The Hall–Kier alpha value is -2.75. The summed E-state index contributed by atoms with van der Waals surface area (Å²) in [6.45, 7) is 5.39. The summed E-state index contributed by atoms with van der Waals surface area (Å²) in [6, 6.07) is 17.7. The van der Waals surface area contributed by atoms with Crippen molar-refractivity contribution in [3.63, 3.8) is 0 Å². The molecular weight excluding hydrogens is 298 g/mol.